The smallest absolute Gasteiger partial charge is 0.133 e. The number of nitrogens with two attached hydrogens (primary N) is 1. The summed E-state index contributed by atoms with van der Waals surface area (Å²) in [5, 5.41) is 0. The Hall–Kier alpha value is -1.68. The molecule has 4 heteroatoms. The van der Waals surface area contributed by atoms with E-state index < -0.39 is 0 Å². The molecule has 78 valence electrons. The number of rotatable bonds is 3. The van der Waals surface area contributed by atoms with Crippen molar-refractivity contribution < 1.29 is 0 Å². The molecule has 0 radical (unpaired) electrons. The highest BCUT2D eigenvalue weighted by Crippen LogP contribution is 2.17. The van der Waals surface area contributed by atoms with Crippen LogP contribution in [0, 0.1) is 0 Å². The molecule has 2 aromatic heterocycles. The van der Waals surface area contributed by atoms with Gasteiger partial charge in [-0.3, -0.25) is 0 Å². The van der Waals surface area contributed by atoms with Gasteiger partial charge in [-0.1, -0.05) is 6.92 Å². The molecule has 0 aromatic carbocycles. The standard InChI is InChI=1S/C11H14N4/c1-8(6-12)11-14-5-3-10(15-11)9-2-4-13-7-9/h2-5,7-8,13H,6,12H2,1H3. The van der Waals surface area contributed by atoms with E-state index >= 15 is 0 Å². The van der Waals surface area contributed by atoms with Crippen molar-refractivity contribution in [2.45, 2.75) is 12.8 Å². The zero-order valence-corrected chi connectivity index (χ0v) is 8.64. The fourth-order valence-electron chi connectivity index (χ4n) is 1.36. The molecule has 1 unspecified atom stereocenters. The Morgan fingerprint density at radius 2 is 2.33 bits per heavy atom. The first-order valence-corrected chi connectivity index (χ1v) is 4.97. The molecule has 2 aromatic rings. The van der Waals surface area contributed by atoms with Gasteiger partial charge in [-0.25, -0.2) is 9.97 Å². The van der Waals surface area contributed by atoms with E-state index in [1.807, 2.05) is 31.5 Å². The van der Waals surface area contributed by atoms with Crippen molar-refractivity contribution in [1.29, 1.82) is 0 Å². The molecule has 0 aliphatic carbocycles. The Kier molecular flexibility index (Phi) is 2.78. The lowest BCUT2D eigenvalue weighted by atomic mass is 10.1. The molecule has 0 saturated carbocycles. The van der Waals surface area contributed by atoms with Gasteiger partial charge in [-0.15, -0.1) is 0 Å². The molecule has 15 heavy (non-hydrogen) atoms. The summed E-state index contributed by atoms with van der Waals surface area (Å²) in [6, 6.07) is 3.88. The predicted octanol–water partition coefficient (Wildman–Crippen LogP) is 1.53. The third kappa shape index (κ3) is 2.05. The van der Waals surface area contributed by atoms with E-state index in [1.165, 1.54) is 0 Å². The van der Waals surface area contributed by atoms with Crippen LogP contribution < -0.4 is 5.73 Å². The molecule has 0 aliphatic heterocycles. The Bertz CT molecular complexity index is 422. The maximum Gasteiger partial charge on any atom is 0.133 e. The molecule has 1 atom stereocenters. The first kappa shape index (κ1) is 9.86. The van der Waals surface area contributed by atoms with Crippen LogP contribution in [-0.2, 0) is 0 Å². The topological polar surface area (TPSA) is 67.6 Å². The van der Waals surface area contributed by atoms with Gasteiger partial charge in [0, 0.05) is 36.6 Å². The van der Waals surface area contributed by atoms with Crippen molar-refractivity contribution in [3.63, 3.8) is 0 Å². The van der Waals surface area contributed by atoms with E-state index in [2.05, 4.69) is 15.0 Å². The van der Waals surface area contributed by atoms with Gasteiger partial charge in [0.2, 0.25) is 0 Å². The van der Waals surface area contributed by atoms with Crippen molar-refractivity contribution in [2.75, 3.05) is 6.54 Å². The minimum absolute atomic E-state index is 0.198. The second kappa shape index (κ2) is 4.23. The lowest BCUT2D eigenvalue weighted by Crippen LogP contribution is -2.12. The molecule has 2 rings (SSSR count). The molecule has 4 nitrogen and oxygen atoms in total. The molecule has 0 aliphatic rings. The maximum absolute atomic E-state index is 5.59. The average molecular weight is 202 g/mol. The van der Waals surface area contributed by atoms with Crippen molar-refractivity contribution in [2.24, 2.45) is 5.73 Å². The summed E-state index contributed by atoms with van der Waals surface area (Å²) < 4.78 is 0. The SMILES string of the molecule is CC(CN)c1nccc(-c2cc[nH]c2)n1. The monoisotopic (exact) mass is 202 g/mol. The molecular weight excluding hydrogens is 188 g/mol. The normalized spacial score (nSPS) is 12.7. The number of aromatic amines is 1. The third-order valence-electron chi connectivity index (χ3n) is 2.36. The Labute approximate surface area is 88.6 Å². The van der Waals surface area contributed by atoms with E-state index in [1.54, 1.807) is 6.20 Å². The summed E-state index contributed by atoms with van der Waals surface area (Å²) in [6.45, 7) is 2.59. The van der Waals surface area contributed by atoms with Crippen LogP contribution in [0.2, 0.25) is 0 Å². The lowest BCUT2D eigenvalue weighted by molar-refractivity contribution is 0.713. The summed E-state index contributed by atoms with van der Waals surface area (Å²) in [4.78, 5) is 11.7. The van der Waals surface area contributed by atoms with Gasteiger partial charge < -0.3 is 10.7 Å². The molecule has 0 bridgehead atoms. The van der Waals surface area contributed by atoms with Crippen LogP contribution in [0.4, 0.5) is 0 Å². The number of nitrogens with one attached hydrogen (secondary N) is 1. The minimum Gasteiger partial charge on any atom is -0.367 e. The fraction of sp³-hybridized carbons (Fsp3) is 0.273. The lowest BCUT2D eigenvalue weighted by Gasteiger charge is -2.07. The zero-order valence-electron chi connectivity index (χ0n) is 8.64. The largest absolute Gasteiger partial charge is 0.367 e. The summed E-state index contributed by atoms with van der Waals surface area (Å²) in [5.41, 5.74) is 7.59. The van der Waals surface area contributed by atoms with E-state index in [-0.39, 0.29) is 5.92 Å². The summed E-state index contributed by atoms with van der Waals surface area (Å²) in [6.07, 6.45) is 5.57. The van der Waals surface area contributed by atoms with Gasteiger partial charge in [-0.05, 0) is 12.1 Å². The number of hydrogen-bond acceptors (Lipinski definition) is 3. The van der Waals surface area contributed by atoms with Gasteiger partial charge in [0.15, 0.2) is 0 Å². The molecule has 3 N–H and O–H groups in total. The van der Waals surface area contributed by atoms with Crippen LogP contribution in [0.15, 0.2) is 30.7 Å². The van der Waals surface area contributed by atoms with E-state index in [4.69, 9.17) is 5.73 Å². The van der Waals surface area contributed by atoms with E-state index in [0.29, 0.717) is 6.54 Å². The molecular formula is C11H14N4. The van der Waals surface area contributed by atoms with Crippen LogP contribution in [-0.4, -0.2) is 21.5 Å². The van der Waals surface area contributed by atoms with Crippen LogP contribution in [0.5, 0.6) is 0 Å². The van der Waals surface area contributed by atoms with Crippen molar-refractivity contribution in [1.82, 2.24) is 15.0 Å². The van der Waals surface area contributed by atoms with Crippen LogP contribution >= 0.6 is 0 Å². The first-order valence-electron chi connectivity index (χ1n) is 4.97. The van der Waals surface area contributed by atoms with Crippen LogP contribution in [0.1, 0.15) is 18.7 Å². The number of H-pyrrole nitrogens is 1. The molecule has 2 heterocycles. The number of aromatic nitrogens is 3. The molecule has 0 spiro atoms. The number of hydrogen-bond donors (Lipinski definition) is 2. The van der Waals surface area contributed by atoms with Gasteiger partial charge in [0.1, 0.15) is 5.82 Å². The van der Waals surface area contributed by atoms with Crippen molar-refractivity contribution in [3.8, 4) is 11.3 Å². The van der Waals surface area contributed by atoms with E-state index in [9.17, 15) is 0 Å². The predicted molar refractivity (Wildman–Crippen MR) is 59.3 cm³/mol. The molecule has 0 amide bonds. The molecule has 0 saturated heterocycles. The highest BCUT2D eigenvalue weighted by atomic mass is 14.9. The van der Waals surface area contributed by atoms with E-state index in [0.717, 1.165) is 17.1 Å². The average Bonchev–Trinajstić information content (AvgIpc) is 2.82. The zero-order chi connectivity index (χ0) is 10.7. The fourth-order valence-corrected chi connectivity index (χ4v) is 1.36. The van der Waals surface area contributed by atoms with Gasteiger partial charge in [0.25, 0.3) is 0 Å². The first-order chi connectivity index (χ1) is 7.31. The third-order valence-corrected chi connectivity index (χ3v) is 2.36. The van der Waals surface area contributed by atoms with Gasteiger partial charge in [-0.2, -0.15) is 0 Å². The second-order valence-corrected chi connectivity index (χ2v) is 3.54. The quantitative estimate of drug-likeness (QED) is 0.793. The van der Waals surface area contributed by atoms with Crippen LogP contribution in [0.3, 0.4) is 0 Å². The summed E-state index contributed by atoms with van der Waals surface area (Å²) in [5.74, 6) is 1.00. The van der Waals surface area contributed by atoms with Gasteiger partial charge in [0.05, 0.1) is 5.69 Å². The summed E-state index contributed by atoms with van der Waals surface area (Å²) in [7, 11) is 0. The maximum atomic E-state index is 5.59. The van der Waals surface area contributed by atoms with Crippen molar-refractivity contribution >= 4 is 0 Å². The minimum atomic E-state index is 0.198. The Balaban J connectivity index is 2.35. The Morgan fingerprint density at radius 3 is 3.00 bits per heavy atom. The summed E-state index contributed by atoms with van der Waals surface area (Å²) >= 11 is 0. The highest BCUT2D eigenvalue weighted by Gasteiger charge is 2.08. The van der Waals surface area contributed by atoms with Gasteiger partial charge >= 0.3 is 0 Å². The Morgan fingerprint density at radius 1 is 1.47 bits per heavy atom. The second-order valence-electron chi connectivity index (χ2n) is 3.54. The van der Waals surface area contributed by atoms with Crippen LogP contribution in [0.25, 0.3) is 11.3 Å². The molecule has 0 fully saturated rings. The number of nitrogens with zero attached hydrogens (tertiary/aromatic N) is 2. The highest BCUT2D eigenvalue weighted by molar-refractivity contribution is 5.57. The van der Waals surface area contributed by atoms with Crippen molar-refractivity contribution in [3.05, 3.63) is 36.5 Å².